The fourth-order valence-corrected chi connectivity index (χ4v) is 3.78. The predicted molar refractivity (Wildman–Crippen MR) is 125 cm³/mol. The van der Waals surface area contributed by atoms with E-state index >= 15 is 0 Å². The lowest BCUT2D eigenvalue weighted by Crippen LogP contribution is -2.43. The van der Waals surface area contributed by atoms with Gasteiger partial charge in [0.1, 0.15) is 5.75 Å². The van der Waals surface area contributed by atoms with Crippen molar-refractivity contribution in [3.8, 4) is 5.75 Å². The first-order valence-corrected chi connectivity index (χ1v) is 13.6. The number of aryl methyl sites for hydroxylation is 1. The largest absolute Gasteiger partial charge is 0.543 e. The molecule has 0 amide bonds. The molecule has 0 aliphatic carbocycles. The minimum absolute atomic E-state index is 0.127. The molecule has 160 valence electrons. The van der Waals surface area contributed by atoms with E-state index < -0.39 is 13.7 Å². The molecule has 3 nitrogen and oxygen atoms in total. The van der Waals surface area contributed by atoms with Gasteiger partial charge in [0, 0.05) is 0 Å². The van der Waals surface area contributed by atoms with Crippen molar-refractivity contribution in [1.29, 1.82) is 0 Å². The van der Waals surface area contributed by atoms with Crippen molar-refractivity contribution in [2.24, 2.45) is 5.41 Å². The Balaban J connectivity index is 1.97. The number of unbranched alkanes of at least 4 members (excludes halogenated alkanes) is 1. The zero-order valence-corrected chi connectivity index (χ0v) is 20.5. The Labute approximate surface area is 177 Å². The van der Waals surface area contributed by atoms with Crippen LogP contribution in [-0.4, -0.2) is 20.9 Å². The van der Waals surface area contributed by atoms with Gasteiger partial charge in [0.05, 0.1) is 12.0 Å². The maximum atomic E-state index is 11.8. The first-order valence-electron chi connectivity index (χ1n) is 10.7. The summed E-state index contributed by atoms with van der Waals surface area (Å²) in [5.74, 6) is 0.841. The van der Waals surface area contributed by atoms with Crippen LogP contribution in [0.4, 0.5) is 0 Å². The molecule has 0 aliphatic rings. The van der Waals surface area contributed by atoms with Crippen LogP contribution in [0.15, 0.2) is 36.4 Å². The van der Waals surface area contributed by atoms with Crippen molar-refractivity contribution in [2.75, 3.05) is 6.61 Å². The lowest BCUT2D eigenvalue weighted by Gasteiger charge is -2.36. The van der Waals surface area contributed by atoms with Crippen molar-refractivity contribution >= 4 is 25.1 Å². The number of carbonyl (C=O) groups excluding carboxylic acids is 1. The van der Waals surface area contributed by atoms with Crippen LogP contribution in [0.2, 0.25) is 18.1 Å². The van der Waals surface area contributed by atoms with E-state index in [0.717, 1.165) is 25.0 Å². The van der Waals surface area contributed by atoms with E-state index in [9.17, 15) is 4.79 Å². The molecule has 2 aromatic carbocycles. The van der Waals surface area contributed by atoms with Crippen molar-refractivity contribution in [3.05, 3.63) is 42.0 Å². The third kappa shape index (κ3) is 6.60. The van der Waals surface area contributed by atoms with Crippen LogP contribution in [-0.2, 0) is 16.0 Å². The average Bonchev–Trinajstić information content (AvgIpc) is 2.58. The Morgan fingerprint density at radius 3 is 2.17 bits per heavy atom. The van der Waals surface area contributed by atoms with Gasteiger partial charge in [-0.15, -0.1) is 0 Å². The summed E-state index contributed by atoms with van der Waals surface area (Å²) in [4.78, 5) is 11.8. The zero-order chi connectivity index (χ0) is 21.9. The highest BCUT2D eigenvalue weighted by Gasteiger charge is 2.38. The molecule has 0 fully saturated rings. The molecular weight excluding hydrogens is 376 g/mol. The van der Waals surface area contributed by atoms with Gasteiger partial charge < -0.3 is 9.16 Å². The minimum Gasteiger partial charge on any atom is -0.543 e. The number of fused-ring (bicyclic) bond motifs is 1. The van der Waals surface area contributed by atoms with Gasteiger partial charge in [0.15, 0.2) is 0 Å². The minimum atomic E-state index is -1.84. The summed E-state index contributed by atoms with van der Waals surface area (Å²) in [5, 5.41) is 2.63. The van der Waals surface area contributed by atoms with E-state index in [0.29, 0.717) is 6.61 Å². The summed E-state index contributed by atoms with van der Waals surface area (Å²) >= 11 is 0. The van der Waals surface area contributed by atoms with Gasteiger partial charge in [-0.05, 0) is 86.6 Å². The van der Waals surface area contributed by atoms with E-state index in [1.54, 1.807) is 0 Å². The Kier molecular flexibility index (Phi) is 7.21. The molecule has 0 saturated carbocycles. The van der Waals surface area contributed by atoms with Crippen molar-refractivity contribution in [1.82, 2.24) is 0 Å². The number of hydrogen-bond donors (Lipinski definition) is 0. The molecule has 0 N–H and O–H groups in total. The predicted octanol–water partition coefficient (Wildman–Crippen LogP) is 7.14. The van der Waals surface area contributed by atoms with Gasteiger partial charge in [-0.25, -0.2) is 0 Å². The number of benzene rings is 2. The van der Waals surface area contributed by atoms with E-state index in [2.05, 4.69) is 70.3 Å². The molecule has 0 radical (unpaired) electrons. The number of hydrogen-bond acceptors (Lipinski definition) is 3. The lowest BCUT2D eigenvalue weighted by atomic mass is 9.97. The average molecular weight is 415 g/mol. The van der Waals surface area contributed by atoms with Gasteiger partial charge in [-0.3, -0.25) is 4.79 Å². The maximum absolute atomic E-state index is 11.8. The van der Waals surface area contributed by atoms with Gasteiger partial charge in [0.2, 0.25) is 8.32 Å². The van der Waals surface area contributed by atoms with Crippen LogP contribution in [0.3, 0.4) is 0 Å². The molecule has 0 aromatic heterocycles. The summed E-state index contributed by atoms with van der Waals surface area (Å²) in [5.41, 5.74) is 0.881. The topological polar surface area (TPSA) is 35.5 Å². The fraction of sp³-hybridized carbons (Fsp3) is 0.560. The van der Waals surface area contributed by atoms with E-state index in [4.69, 9.17) is 9.16 Å². The molecule has 0 bridgehead atoms. The second-order valence-corrected chi connectivity index (χ2v) is 15.3. The van der Waals surface area contributed by atoms with Gasteiger partial charge in [0.25, 0.3) is 0 Å². The standard InChI is InChI=1S/C25H38O3Si/c1-24(2,3)23(26)27-16-10-9-11-19-12-13-20-14-15-22(18-21(20)17-19)28-29(7,8)25(4,5)6/h12-15,17-18H,9-11,16H2,1-8H3. The highest BCUT2D eigenvalue weighted by molar-refractivity contribution is 6.74. The first kappa shape index (κ1) is 23.5. The van der Waals surface area contributed by atoms with Crippen LogP contribution in [0, 0.1) is 5.41 Å². The van der Waals surface area contributed by atoms with Crippen molar-refractivity contribution < 1.29 is 14.0 Å². The Hall–Kier alpha value is -1.81. The highest BCUT2D eigenvalue weighted by atomic mass is 28.4. The molecule has 2 rings (SSSR count). The molecule has 0 atom stereocenters. The second kappa shape index (κ2) is 8.91. The van der Waals surface area contributed by atoms with Crippen molar-refractivity contribution in [2.45, 2.75) is 78.9 Å². The number of rotatable bonds is 7. The number of carbonyl (C=O) groups is 1. The van der Waals surface area contributed by atoms with E-state index in [-0.39, 0.29) is 11.0 Å². The summed E-state index contributed by atoms with van der Waals surface area (Å²) in [6.07, 6.45) is 2.87. The van der Waals surface area contributed by atoms with Gasteiger partial charge >= 0.3 is 5.97 Å². The SMILES string of the molecule is CC(C)(C)C(=O)OCCCCc1ccc2ccc(O[Si](C)(C)C(C)(C)C)cc2c1. The molecule has 29 heavy (non-hydrogen) atoms. The third-order valence-corrected chi connectivity index (χ3v) is 10.1. The van der Waals surface area contributed by atoms with Crippen LogP contribution in [0.1, 0.15) is 59.9 Å². The molecule has 0 unspecified atom stereocenters. The quantitative estimate of drug-likeness (QED) is 0.274. The number of ether oxygens (including phenoxy) is 1. The molecule has 0 aliphatic heterocycles. The van der Waals surface area contributed by atoms with Crippen LogP contribution < -0.4 is 4.43 Å². The Bertz CT molecular complexity index is 841. The summed E-state index contributed by atoms with van der Waals surface area (Å²) in [6.45, 7) is 17.5. The Morgan fingerprint density at radius 1 is 0.897 bits per heavy atom. The molecule has 2 aromatic rings. The molecule has 4 heteroatoms. The zero-order valence-electron chi connectivity index (χ0n) is 19.5. The lowest BCUT2D eigenvalue weighted by molar-refractivity contribution is -0.153. The molecule has 0 saturated heterocycles. The van der Waals surface area contributed by atoms with Crippen LogP contribution >= 0.6 is 0 Å². The van der Waals surface area contributed by atoms with E-state index in [1.165, 1.54) is 16.3 Å². The molecule has 0 spiro atoms. The highest BCUT2D eigenvalue weighted by Crippen LogP contribution is 2.38. The third-order valence-electron chi connectivity index (χ3n) is 5.76. The monoisotopic (exact) mass is 414 g/mol. The fourth-order valence-electron chi connectivity index (χ4n) is 2.75. The first-order chi connectivity index (χ1) is 13.3. The van der Waals surface area contributed by atoms with Crippen LogP contribution in [0.5, 0.6) is 5.75 Å². The number of esters is 1. The normalized spacial score (nSPS) is 12.8. The van der Waals surface area contributed by atoms with Crippen molar-refractivity contribution in [3.63, 3.8) is 0 Å². The Morgan fingerprint density at radius 2 is 1.55 bits per heavy atom. The van der Waals surface area contributed by atoms with E-state index in [1.807, 2.05) is 20.8 Å². The maximum Gasteiger partial charge on any atom is 0.311 e. The summed E-state index contributed by atoms with van der Waals surface area (Å²) < 4.78 is 11.8. The molecular formula is C25H38O3Si. The van der Waals surface area contributed by atoms with Gasteiger partial charge in [-0.2, -0.15) is 0 Å². The summed E-state index contributed by atoms with van der Waals surface area (Å²) in [7, 11) is -1.84. The van der Waals surface area contributed by atoms with Crippen LogP contribution in [0.25, 0.3) is 10.8 Å². The summed E-state index contributed by atoms with van der Waals surface area (Å²) in [6, 6.07) is 13.0. The second-order valence-electron chi connectivity index (χ2n) is 10.5. The van der Waals surface area contributed by atoms with Gasteiger partial charge in [-0.1, -0.05) is 45.0 Å². The molecule has 0 heterocycles. The smallest absolute Gasteiger partial charge is 0.311 e.